The largest absolute Gasteiger partial charge is 0.455 e. The molecule has 2 aliphatic heterocycles. The highest BCUT2D eigenvalue weighted by atomic mass is 79.9. The first kappa shape index (κ1) is 24.3. The maximum atomic E-state index is 13.0. The number of Topliss-reactive ketones (excluding diaryl/α,β-unsaturated/α-hetero) is 1. The first-order valence-electron chi connectivity index (χ1n) is 10.4. The van der Waals surface area contributed by atoms with E-state index < -0.39 is 11.6 Å². The Morgan fingerprint density at radius 2 is 2.10 bits per heavy atom. The van der Waals surface area contributed by atoms with Crippen LogP contribution in [0.1, 0.15) is 44.9 Å². The molecule has 168 valence electrons. The molecule has 0 saturated carbocycles. The van der Waals surface area contributed by atoms with Crippen molar-refractivity contribution < 1.29 is 19.1 Å². The summed E-state index contributed by atoms with van der Waals surface area (Å²) in [5.74, 6) is -0.236. The molecule has 8 heteroatoms. The van der Waals surface area contributed by atoms with Gasteiger partial charge in [-0.25, -0.2) is 4.79 Å². The first-order chi connectivity index (χ1) is 14.7. The Balaban J connectivity index is 1.75. The predicted octanol–water partition coefficient (Wildman–Crippen LogP) is 5.11. The highest BCUT2D eigenvalue weighted by Crippen LogP contribution is 2.46. The van der Waals surface area contributed by atoms with E-state index in [-0.39, 0.29) is 29.4 Å². The van der Waals surface area contributed by atoms with Crippen LogP contribution in [0.3, 0.4) is 0 Å². The van der Waals surface area contributed by atoms with Crippen LogP contribution in [0, 0.1) is 5.92 Å². The molecule has 1 saturated heterocycles. The van der Waals surface area contributed by atoms with Crippen LogP contribution in [-0.2, 0) is 25.5 Å². The van der Waals surface area contributed by atoms with Crippen LogP contribution in [0.25, 0.3) is 0 Å². The molecule has 3 heterocycles. The van der Waals surface area contributed by atoms with Gasteiger partial charge in [0.05, 0.1) is 11.3 Å². The number of hydrogen-bond donors (Lipinski definition) is 0. The Bertz CT molecular complexity index is 886. The van der Waals surface area contributed by atoms with Gasteiger partial charge >= 0.3 is 5.97 Å². The van der Waals surface area contributed by atoms with Gasteiger partial charge in [-0.3, -0.25) is 14.5 Å². The lowest BCUT2D eigenvalue weighted by molar-refractivity contribution is -0.161. The number of thiophene rings is 1. The van der Waals surface area contributed by atoms with Crippen molar-refractivity contribution in [1.82, 2.24) is 4.90 Å². The first-order valence-corrected chi connectivity index (χ1v) is 13.4. The lowest BCUT2D eigenvalue weighted by Gasteiger charge is -2.50. The summed E-state index contributed by atoms with van der Waals surface area (Å²) in [6.07, 6.45) is 6.16. The van der Waals surface area contributed by atoms with E-state index in [1.54, 1.807) is 28.0 Å². The molecule has 1 aromatic rings. The molecule has 2 aliphatic rings. The van der Waals surface area contributed by atoms with E-state index in [0.717, 1.165) is 22.2 Å². The molecule has 0 radical (unpaired) electrons. The van der Waals surface area contributed by atoms with E-state index in [1.807, 2.05) is 44.4 Å². The fourth-order valence-corrected chi connectivity index (χ4v) is 6.14. The van der Waals surface area contributed by atoms with Crippen LogP contribution in [0.2, 0.25) is 0 Å². The number of β-lactam (4-membered cyclic amide) rings is 1. The number of ketones is 1. The highest BCUT2D eigenvalue weighted by molar-refractivity contribution is 9.09. The zero-order valence-electron chi connectivity index (χ0n) is 18.1. The molecule has 0 N–H and O–H groups in total. The van der Waals surface area contributed by atoms with E-state index in [4.69, 9.17) is 4.74 Å². The molecule has 2 atom stereocenters. The Labute approximate surface area is 200 Å². The zero-order valence-corrected chi connectivity index (χ0v) is 21.3. The van der Waals surface area contributed by atoms with Crippen molar-refractivity contribution in [3.8, 4) is 0 Å². The van der Waals surface area contributed by atoms with Crippen LogP contribution in [0.5, 0.6) is 0 Å². The van der Waals surface area contributed by atoms with Gasteiger partial charge in [-0.05, 0) is 50.6 Å². The summed E-state index contributed by atoms with van der Waals surface area (Å²) < 4.78 is 5.63. The van der Waals surface area contributed by atoms with Crippen LogP contribution in [0.4, 0.5) is 0 Å². The summed E-state index contributed by atoms with van der Waals surface area (Å²) >= 11 is 6.56. The molecular formula is C23H28BrNO4S2. The number of alkyl halides is 1. The van der Waals surface area contributed by atoms with Gasteiger partial charge in [0.25, 0.3) is 0 Å². The van der Waals surface area contributed by atoms with Crippen molar-refractivity contribution in [1.29, 1.82) is 0 Å². The second kappa shape index (κ2) is 10.5. The van der Waals surface area contributed by atoms with Crippen molar-refractivity contribution in [3.63, 3.8) is 0 Å². The van der Waals surface area contributed by atoms with Gasteiger partial charge in [-0.1, -0.05) is 34.1 Å². The Hall–Kier alpha value is -1.38. The minimum Gasteiger partial charge on any atom is -0.455 e. The van der Waals surface area contributed by atoms with E-state index in [1.165, 1.54) is 0 Å². The van der Waals surface area contributed by atoms with Crippen molar-refractivity contribution in [3.05, 3.63) is 45.8 Å². The molecule has 1 aromatic heterocycles. The number of halogens is 1. The standard InChI is InChI=1S/C23H28BrNO4S2/c1-23(2,3)29-22(28)19-15(8-5-4-6-10-24)14-31-21-18(20(27)25(19)21)13-16(26)12-17-9-7-11-30-17/h4,6-7,9,11,18,21H,5,8,10,12-14H2,1-3H3/b6-4+/t18-,21-/m1/s1. The van der Waals surface area contributed by atoms with Crippen molar-refractivity contribution >= 4 is 56.7 Å². The number of fused-ring (bicyclic) bond motifs is 1. The van der Waals surface area contributed by atoms with Gasteiger partial charge in [-0.2, -0.15) is 0 Å². The van der Waals surface area contributed by atoms with Gasteiger partial charge in [0.1, 0.15) is 17.1 Å². The molecule has 3 rings (SSSR count). The van der Waals surface area contributed by atoms with E-state index in [0.29, 0.717) is 24.3 Å². The fraction of sp³-hybridized carbons (Fsp3) is 0.522. The van der Waals surface area contributed by atoms with Crippen molar-refractivity contribution in [2.75, 3.05) is 11.1 Å². The Morgan fingerprint density at radius 3 is 2.74 bits per heavy atom. The summed E-state index contributed by atoms with van der Waals surface area (Å²) in [7, 11) is 0. The number of esters is 1. The molecule has 5 nitrogen and oxygen atoms in total. The third-order valence-electron chi connectivity index (χ3n) is 5.02. The van der Waals surface area contributed by atoms with E-state index in [9.17, 15) is 14.4 Å². The van der Waals surface area contributed by atoms with Crippen molar-refractivity contribution in [2.24, 2.45) is 5.92 Å². The predicted molar refractivity (Wildman–Crippen MR) is 129 cm³/mol. The number of allylic oxidation sites excluding steroid dienone is 2. The molecule has 31 heavy (non-hydrogen) atoms. The van der Waals surface area contributed by atoms with Crippen molar-refractivity contribution in [2.45, 2.75) is 57.4 Å². The molecule has 0 aliphatic carbocycles. The molecule has 1 amide bonds. The molecular weight excluding hydrogens is 498 g/mol. The lowest BCUT2D eigenvalue weighted by atomic mass is 9.89. The Morgan fingerprint density at radius 1 is 1.32 bits per heavy atom. The van der Waals surface area contributed by atoms with Crippen LogP contribution in [-0.4, -0.2) is 44.6 Å². The number of amides is 1. The topological polar surface area (TPSA) is 63.7 Å². The quantitative estimate of drug-likeness (QED) is 0.194. The minimum atomic E-state index is -0.644. The maximum absolute atomic E-state index is 13.0. The van der Waals surface area contributed by atoms with Gasteiger partial charge in [0.2, 0.25) is 5.91 Å². The molecule has 0 aromatic carbocycles. The second-order valence-corrected chi connectivity index (χ2v) is 11.4. The normalized spacial score (nSPS) is 21.3. The third kappa shape index (κ3) is 6.11. The monoisotopic (exact) mass is 525 g/mol. The minimum absolute atomic E-state index is 0.0644. The number of hydrogen-bond acceptors (Lipinski definition) is 6. The maximum Gasteiger partial charge on any atom is 0.355 e. The van der Waals surface area contributed by atoms with Gasteiger partial charge in [-0.15, -0.1) is 23.1 Å². The highest BCUT2D eigenvalue weighted by Gasteiger charge is 2.54. The second-order valence-electron chi connectivity index (χ2n) is 8.63. The number of rotatable bonds is 9. The number of carbonyl (C=O) groups excluding carboxylic acids is 3. The molecule has 0 spiro atoms. The summed E-state index contributed by atoms with van der Waals surface area (Å²) in [5, 5.41) is 2.56. The van der Waals surface area contributed by atoms with Crippen LogP contribution < -0.4 is 0 Å². The van der Waals surface area contributed by atoms with Gasteiger partial charge in [0, 0.05) is 28.8 Å². The molecule has 1 fully saturated rings. The lowest BCUT2D eigenvalue weighted by Crippen LogP contribution is -2.62. The number of carbonyl (C=O) groups is 3. The molecule has 0 bridgehead atoms. The van der Waals surface area contributed by atoms with E-state index in [2.05, 4.69) is 22.0 Å². The third-order valence-corrected chi connectivity index (χ3v) is 7.66. The smallest absolute Gasteiger partial charge is 0.355 e. The number of thioether (sulfide) groups is 1. The summed E-state index contributed by atoms with van der Waals surface area (Å²) in [5.41, 5.74) is 0.680. The average molecular weight is 527 g/mol. The van der Waals surface area contributed by atoms with Gasteiger partial charge < -0.3 is 4.74 Å². The summed E-state index contributed by atoms with van der Waals surface area (Å²) in [4.78, 5) is 41.2. The zero-order chi connectivity index (χ0) is 22.6. The summed E-state index contributed by atoms with van der Waals surface area (Å²) in [6, 6.07) is 3.86. The van der Waals surface area contributed by atoms with E-state index >= 15 is 0 Å². The van der Waals surface area contributed by atoms with Crippen LogP contribution in [0.15, 0.2) is 40.9 Å². The fourth-order valence-electron chi connectivity index (χ4n) is 3.69. The number of ether oxygens (including phenoxy) is 1. The molecule has 0 unspecified atom stereocenters. The SMILES string of the molecule is CC(C)(C)OC(=O)C1=C(CC/C=C/CBr)CS[C@@H]2[C@H](CC(=O)Cc3cccs3)C(=O)N12. The Kier molecular flexibility index (Phi) is 8.21. The van der Waals surface area contributed by atoms with Gasteiger partial charge in [0.15, 0.2) is 0 Å². The summed E-state index contributed by atoms with van der Waals surface area (Å²) in [6.45, 7) is 5.47. The number of nitrogens with zero attached hydrogens (tertiary/aromatic N) is 1. The van der Waals surface area contributed by atoms with Crippen LogP contribution >= 0.6 is 39.0 Å². The average Bonchev–Trinajstić information content (AvgIpc) is 3.20.